The highest BCUT2D eigenvalue weighted by molar-refractivity contribution is 7.08. The molecule has 8 heteroatoms. The number of nitrogens with zero attached hydrogens (tertiary/aromatic N) is 4. The Kier molecular flexibility index (Phi) is 5.73. The topological polar surface area (TPSA) is 95.2 Å². The normalized spacial score (nSPS) is 11.5. The van der Waals surface area contributed by atoms with Gasteiger partial charge in [-0.05, 0) is 57.3 Å². The van der Waals surface area contributed by atoms with Crippen LogP contribution in [0.15, 0.2) is 96.2 Å². The summed E-state index contributed by atoms with van der Waals surface area (Å²) in [7, 11) is 0. The molecule has 7 nitrogen and oxygen atoms in total. The zero-order chi connectivity index (χ0) is 25.3. The second-order valence-corrected chi connectivity index (χ2v) is 9.96. The Labute approximate surface area is 222 Å². The summed E-state index contributed by atoms with van der Waals surface area (Å²) >= 11 is 1.66. The van der Waals surface area contributed by atoms with Crippen molar-refractivity contribution in [2.75, 3.05) is 0 Å². The lowest BCUT2D eigenvalue weighted by Gasteiger charge is -2.07. The molecule has 0 unspecified atom stereocenters. The molecule has 0 saturated carbocycles. The third-order valence-corrected chi connectivity index (χ3v) is 7.33. The summed E-state index contributed by atoms with van der Waals surface area (Å²) in [6, 6.07) is 21.0. The van der Waals surface area contributed by atoms with Crippen LogP contribution in [0.3, 0.4) is 0 Å². The zero-order valence-electron chi connectivity index (χ0n) is 20.3. The van der Waals surface area contributed by atoms with Gasteiger partial charge in [0, 0.05) is 48.2 Å². The van der Waals surface area contributed by atoms with Crippen LogP contribution in [-0.2, 0) is 13.1 Å². The third kappa shape index (κ3) is 4.26. The molecule has 38 heavy (non-hydrogen) atoms. The van der Waals surface area contributed by atoms with E-state index in [9.17, 15) is 0 Å². The van der Waals surface area contributed by atoms with E-state index in [1.54, 1.807) is 11.3 Å². The molecule has 0 aliphatic heterocycles. The number of fused-ring (bicyclic) bond motifs is 2. The highest BCUT2D eigenvalue weighted by Crippen LogP contribution is 2.33. The predicted molar refractivity (Wildman–Crippen MR) is 153 cm³/mol. The van der Waals surface area contributed by atoms with Crippen molar-refractivity contribution in [1.82, 2.24) is 35.5 Å². The van der Waals surface area contributed by atoms with E-state index in [1.165, 1.54) is 5.56 Å². The number of hydrogen-bond acceptors (Lipinski definition) is 6. The Morgan fingerprint density at radius 1 is 0.763 bits per heavy atom. The average molecular weight is 514 g/mol. The molecule has 184 valence electrons. The molecule has 5 heterocycles. The lowest BCUT2D eigenvalue weighted by molar-refractivity contribution is 0.691. The largest absolute Gasteiger partial charge is 0.335 e. The summed E-state index contributed by atoms with van der Waals surface area (Å²) in [4.78, 5) is 17.3. The van der Waals surface area contributed by atoms with Gasteiger partial charge in [0.05, 0.1) is 17.2 Å². The van der Waals surface area contributed by atoms with Gasteiger partial charge in [-0.1, -0.05) is 36.4 Å². The van der Waals surface area contributed by atoms with Gasteiger partial charge >= 0.3 is 0 Å². The number of H-pyrrole nitrogens is 2. The monoisotopic (exact) mass is 513 g/mol. The molecule has 0 aliphatic carbocycles. The Morgan fingerprint density at radius 2 is 1.66 bits per heavy atom. The predicted octanol–water partition coefficient (Wildman–Crippen LogP) is 6.58. The van der Waals surface area contributed by atoms with Gasteiger partial charge in [0.1, 0.15) is 11.2 Å². The second kappa shape index (κ2) is 9.66. The van der Waals surface area contributed by atoms with Gasteiger partial charge in [0.25, 0.3) is 0 Å². The van der Waals surface area contributed by atoms with E-state index in [4.69, 9.17) is 4.98 Å². The minimum atomic E-state index is 0.713. The van der Waals surface area contributed by atoms with Crippen molar-refractivity contribution >= 4 is 33.3 Å². The smallest absolute Gasteiger partial charge is 0.159 e. The zero-order valence-corrected chi connectivity index (χ0v) is 21.2. The molecule has 0 aliphatic rings. The number of nitrogens with one attached hydrogen (secondary N) is 3. The van der Waals surface area contributed by atoms with Crippen LogP contribution < -0.4 is 5.32 Å². The third-order valence-electron chi connectivity index (χ3n) is 6.64. The van der Waals surface area contributed by atoms with Crippen molar-refractivity contribution in [2.45, 2.75) is 13.1 Å². The lowest BCUT2D eigenvalue weighted by Crippen LogP contribution is -2.12. The Morgan fingerprint density at radius 3 is 2.55 bits per heavy atom. The van der Waals surface area contributed by atoms with Crippen LogP contribution in [0.1, 0.15) is 11.1 Å². The number of benzene rings is 2. The van der Waals surface area contributed by atoms with Crippen LogP contribution in [-0.4, -0.2) is 30.1 Å². The van der Waals surface area contributed by atoms with Gasteiger partial charge in [-0.15, -0.1) is 0 Å². The number of rotatable bonds is 7. The molecule has 5 aromatic heterocycles. The summed E-state index contributed by atoms with van der Waals surface area (Å²) < 4.78 is 0. The maximum atomic E-state index is 4.94. The molecular weight excluding hydrogens is 490 g/mol. The first-order valence-electron chi connectivity index (χ1n) is 12.4. The van der Waals surface area contributed by atoms with Crippen molar-refractivity contribution in [1.29, 1.82) is 0 Å². The quantitative estimate of drug-likeness (QED) is 0.224. The van der Waals surface area contributed by atoms with E-state index < -0.39 is 0 Å². The molecular formula is C30H23N7S. The SMILES string of the molecule is c1ccc(CNCc2cncc(-c3ccc4[nH]nc(-c5nc6c(-c7ccsc7)cncc6[nH]5)c4c3)c2)cc1. The van der Waals surface area contributed by atoms with E-state index >= 15 is 0 Å². The van der Waals surface area contributed by atoms with Gasteiger partial charge in [-0.2, -0.15) is 16.4 Å². The van der Waals surface area contributed by atoms with Crippen LogP contribution in [0.25, 0.3) is 55.7 Å². The van der Waals surface area contributed by atoms with Crippen LogP contribution in [0.4, 0.5) is 0 Å². The number of hydrogen-bond donors (Lipinski definition) is 3. The van der Waals surface area contributed by atoms with Crippen molar-refractivity contribution in [3.63, 3.8) is 0 Å². The number of imidazole rings is 1. The standard InChI is InChI=1S/C30H23N7S/c1-2-4-19(5-3-1)12-31-13-20-10-23(15-32-14-20)21-6-7-26-24(11-21)29(37-36-26)30-34-27-17-33-16-25(28(27)35-30)22-8-9-38-18-22/h1-11,14-18,31H,12-13H2,(H,34,35)(H,36,37). The molecule has 0 atom stereocenters. The number of aromatic amines is 2. The fourth-order valence-corrected chi connectivity index (χ4v) is 5.39. The summed E-state index contributed by atoms with van der Waals surface area (Å²) in [5.74, 6) is 0.713. The molecule has 0 amide bonds. The lowest BCUT2D eigenvalue weighted by atomic mass is 10.0. The first kappa shape index (κ1) is 22.5. The van der Waals surface area contributed by atoms with E-state index in [0.717, 1.165) is 68.5 Å². The highest BCUT2D eigenvalue weighted by atomic mass is 32.1. The van der Waals surface area contributed by atoms with Crippen LogP contribution in [0.5, 0.6) is 0 Å². The van der Waals surface area contributed by atoms with Gasteiger partial charge in [-0.3, -0.25) is 15.1 Å². The maximum absolute atomic E-state index is 4.94. The number of pyridine rings is 2. The molecule has 0 fully saturated rings. The van der Waals surface area contributed by atoms with Gasteiger partial charge in [0.2, 0.25) is 0 Å². The molecule has 0 spiro atoms. The van der Waals surface area contributed by atoms with Crippen LogP contribution >= 0.6 is 11.3 Å². The van der Waals surface area contributed by atoms with Crippen LogP contribution in [0, 0.1) is 0 Å². The van der Waals surface area contributed by atoms with Crippen molar-refractivity contribution in [3.8, 4) is 33.8 Å². The highest BCUT2D eigenvalue weighted by Gasteiger charge is 2.16. The first-order valence-corrected chi connectivity index (χ1v) is 13.3. The van der Waals surface area contributed by atoms with Crippen molar-refractivity contribution in [2.24, 2.45) is 0 Å². The Balaban J connectivity index is 1.20. The molecule has 2 aromatic carbocycles. The average Bonchev–Trinajstić information content (AvgIpc) is 3.73. The maximum Gasteiger partial charge on any atom is 0.159 e. The summed E-state index contributed by atoms with van der Waals surface area (Å²) in [5.41, 5.74) is 10.2. The van der Waals surface area contributed by atoms with E-state index in [1.807, 2.05) is 30.9 Å². The van der Waals surface area contributed by atoms with E-state index in [2.05, 4.69) is 95.8 Å². The molecule has 0 saturated heterocycles. The van der Waals surface area contributed by atoms with Gasteiger partial charge in [-0.25, -0.2) is 4.98 Å². The number of thiophene rings is 1. The van der Waals surface area contributed by atoms with Crippen molar-refractivity contribution < 1.29 is 0 Å². The van der Waals surface area contributed by atoms with Gasteiger partial charge in [0.15, 0.2) is 5.82 Å². The van der Waals surface area contributed by atoms with Gasteiger partial charge < -0.3 is 10.3 Å². The summed E-state index contributed by atoms with van der Waals surface area (Å²) in [5, 5.41) is 16.5. The Hall–Kier alpha value is -4.66. The molecule has 0 radical (unpaired) electrons. The minimum Gasteiger partial charge on any atom is -0.335 e. The number of aromatic nitrogens is 6. The molecule has 3 N–H and O–H groups in total. The minimum absolute atomic E-state index is 0.713. The van der Waals surface area contributed by atoms with Crippen molar-refractivity contribution in [3.05, 3.63) is 107 Å². The fraction of sp³-hybridized carbons (Fsp3) is 0.0667. The second-order valence-electron chi connectivity index (χ2n) is 9.18. The first-order chi connectivity index (χ1) is 18.8. The van der Waals surface area contributed by atoms with E-state index in [0.29, 0.717) is 5.82 Å². The summed E-state index contributed by atoms with van der Waals surface area (Å²) in [6.45, 7) is 1.56. The van der Waals surface area contributed by atoms with E-state index in [-0.39, 0.29) is 0 Å². The summed E-state index contributed by atoms with van der Waals surface area (Å²) in [6.07, 6.45) is 7.49. The molecule has 0 bridgehead atoms. The fourth-order valence-electron chi connectivity index (χ4n) is 4.74. The Bertz CT molecular complexity index is 1850. The van der Waals surface area contributed by atoms with Crippen LogP contribution in [0.2, 0.25) is 0 Å². The molecule has 7 aromatic rings. The molecule has 7 rings (SSSR count).